The summed E-state index contributed by atoms with van der Waals surface area (Å²) in [7, 11) is 1.95. The molecule has 1 atom stereocenters. The van der Waals surface area contributed by atoms with Crippen molar-refractivity contribution >= 4 is 5.91 Å². The highest BCUT2D eigenvalue weighted by Crippen LogP contribution is 2.24. The van der Waals surface area contributed by atoms with E-state index in [-0.39, 0.29) is 11.9 Å². The van der Waals surface area contributed by atoms with Gasteiger partial charge in [-0.2, -0.15) is 0 Å². The second kappa shape index (κ2) is 8.30. The van der Waals surface area contributed by atoms with Gasteiger partial charge in [0.1, 0.15) is 0 Å². The van der Waals surface area contributed by atoms with Crippen molar-refractivity contribution in [1.82, 2.24) is 9.80 Å². The Bertz CT molecular complexity index is 692. The molecule has 0 aliphatic carbocycles. The zero-order chi connectivity index (χ0) is 17.6. The molecule has 0 radical (unpaired) electrons. The van der Waals surface area contributed by atoms with E-state index in [4.69, 9.17) is 0 Å². The molecule has 0 bridgehead atoms. The molecule has 0 aromatic heterocycles. The second-order valence-corrected chi connectivity index (χ2v) is 7.10. The number of carbonyl (C=O) groups is 1. The molecular formula is C22H28N2O. The third-order valence-corrected chi connectivity index (χ3v) is 5.12. The summed E-state index contributed by atoms with van der Waals surface area (Å²) in [5, 5.41) is 0. The van der Waals surface area contributed by atoms with E-state index in [1.54, 1.807) is 0 Å². The Labute approximate surface area is 151 Å². The summed E-state index contributed by atoms with van der Waals surface area (Å²) in [4.78, 5) is 17.3. The summed E-state index contributed by atoms with van der Waals surface area (Å²) in [5.74, 6) is 0.178. The van der Waals surface area contributed by atoms with Crippen LogP contribution in [0.5, 0.6) is 0 Å². The van der Waals surface area contributed by atoms with E-state index in [2.05, 4.69) is 36.1 Å². The third kappa shape index (κ3) is 4.70. The zero-order valence-corrected chi connectivity index (χ0v) is 15.3. The summed E-state index contributed by atoms with van der Waals surface area (Å²) in [6.45, 7) is 5.31. The number of benzene rings is 2. The van der Waals surface area contributed by atoms with Crippen molar-refractivity contribution in [3.05, 3.63) is 71.3 Å². The van der Waals surface area contributed by atoms with Crippen molar-refractivity contribution in [1.29, 1.82) is 0 Å². The standard InChI is InChI=1S/C22H28N2O/c1-18-9-8-12-20(15-18)21(17-24-13-6-7-14-24)23(2)22(25)16-19-10-4-3-5-11-19/h3-5,8-12,15,21H,6-7,13-14,16-17H2,1-2H3/t21-/m1/s1. The van der Waals surface area contributed by atoms with Gasteiger partial charge in [0, 0.05) is 13.6 Å². The number of rotatable bonds is 6. The van der Waals surface area contributed by atoms with Gasteiger partial charge >= 0.3 is 0 Å². The number of aryl methyl sites for hydroxylation is 1. The molecule has 0 spiro atoms. The summed E-state index contributed by atoms with van der Waals surface area (Å²) in [5.41, 5.74) is 3.55. The Balaban J connectivity index is 1.78. The third-order valence-electron chi connectivity index (χ3n) is 5.12. The molecule has 0 N–H and O–H groups in total. The monoisotopic (exact) mass is 336 g/mol. The Hall–Kier alpha value is -2.13. The predicted molar refractivity (Wildman–Crippen MR) is 103 cm³/mol. The minimum Gasteiger partial charge on any atom is -0.337 e. The average molecular weight is 336 g/mol. The average Bonchev–Trinajstić information content (AvgIpc) is 3.13. The first-order valence-corrected chi connectivity index (χ1v) is 9.22. The SMILES string of the molecule is Cc1cccc([C@@H](CN2CCCC2)N(C)C(=O)Cc2ccccc2)c1. The number of amides is 1. The lowest BCUT2D eigenvalue weighted by molar-refractivity contribution is -0.131. The van der Waals surface area contributed by atoms with Gasteiger partial charge in [0.05, 0.1) is 12.5 Å². The molecule has 2 aromatic rings. The van der Waals surface area contributed by atoms with E-state index in [0.717, 1.165) is 25.2 Å². The Morgan fingerprint density at radius 2 is 1.80 bits per heavy atom. The van der Waals surface area contributed by atoms with Crippen LogP contribution in [0, 0.1) is 6.92 Å². The molecule has 1 fully saturated rings. The maximum atomic E-state index is 12.9. The van der Waals surface area contributed by atoms with E-state index in [1.165, 1.54) is 24.0 Å². The van der Waals surface area contributed by atoms with Crippen LogP contribution in [0.2, 0.25) is 0 Å². The van der Waals surface area contributed by atoms with E-state index in [9.17, 15) is 4.79 Å². The van der Waals surface area contributed by atoms with Gasteiger partial charge in [-0.05, 0) is 44.0 Å². The number of nitrogens with zero attached hydrogens (tertiary/aromatic N) is 2. The molecule has 1 aliphatic rings. The van der Waals surface area contributed by atoms with Gasteiger partial charge in [-0.1, -0.05) is 60.2 Å². The van der Waals surface area contributed by atoms with Gasteiger partial charge in [-0.25, -0.2) is 0 Å². The van der Waals surface area contributed by atoms with Crippen molar-refractivity contribution in [3.8, 4) is 0 Å². The number of likely N-dealkylation sites (N-methyl/N-ethyl adjacent to an activating group) is 1. The fourth-order valence-electron chi connectivity index (χ4n) is 3.61. The molecule has 1 saturated heterocycles. The normalized spacial score (nSPS) is 15.9. The summed E-state index contributed by atoms with van der Waals surface area (Å²) < 4.78 is 0. The Morgan fingerprint density at radius 3 is 2.48 bits per heavy atom. The van der Waals surface area contributed by atoms with Gasteiger partial charge in [0.25, 0.3) is 0 Å². The van der Waals surface area contributed by atoms with E-state index in [0.29, 0.717) is 6.42 Å². The first-order valence-electron chi connectivity index (χ1n) is 9.22. The molecule has 3 rings (SSSR count). The smallest absolute Gasteiger partial charge is 0.227 e. The van der Waals surface area contributed by atoms with Crippen molar-refractivity contribution in [2.24, 2.45) is 0 Å². The number of likely N-dealkylation sites (tertiary alicyclic amines) is 1. The van der Waals surface area contributed by atoms with Crippen molar-refractivity contribution in [2.45, 2.75) is 32.2 Å². The van der Waals surface area contributed by atoms with Crippen LogP contribution >= 0.6 is 0 Å². The minimum atomic E-state index is 0.106. The quantitative estimate of drug-likeness (QED) is 0.800. The van der Waals surface area contributed by atoms with Crippen molar-refractivity contribution in [3.63, 3.8) is 0 Å². The molecule has 1 amide bonds. The molecule has 3 heteroatoms. The molecule has 3 nitrogen and oxygen atoms in total. The van der Waals surface area contributed by atoms with Crippen LogP contribution in [-0.4, -0.2) is 42.4 Å². The molecule has 2 aromatic carbocycles. The zero-order valence-electron chi connectivity index (χ0n) is 15.3. The summed E-state index contributed by atoms with van der Waals surface area (Å²) in [6, 6.07) is 18.7. The molecule has 25 heavy (non-hydrogen) atoms. The highest BCUT2D eigenvalue weighted by atomic mass is 16.2. The first-order chi connectivity index (χ1) is 12.1. The molecular weight excluding hydrogens is 308 g/mol. The van der Waals surface area contributed by atoms with E-state index in [1.807, 2.05) is 42.3 Å². The molecule has 132 valence electrons. The maximum absolute atomic E-state index is 12.9. The maximum Gasteiger partial charge on any atom is 0.227 e. The van der Waals surface area contributed by atoms with Crippen LogP contribution < -0.4 is 0 Å². The molecule has 0 saturated carbocycles. The van der Waals surface area contributed by atoms with Crippen LogP contribution in [0.3, 0.4) is 0 Å². The predicted octanol–water partition coefficient (Wildman–Crippen LogP) is 3.83. The number of hydrogen-bond donors (Lipinski definition) is 0. The first kappa shape index (κ1) is 17.7. The van der Waals surface area contributed by atoms with Crippen molar-refractivity contribution in [2.75, 3.05) is 26.7 Å². The van der Waals surface area contributed by atoms with E-state index >= 15 is 0 Å². The largest absolute Gasteiger partial charge is 0.337 e. The summed E-state index contributed by atoms with van der Waals surface area (Å²) >= 11 is 0. The number of hydrogen-bond acceptors (Lipinski definition) is 2. The Morgan fingerprint density at radius 1 is 1.08 bits per heavy atom. The van der Waals surface area contributed by atoms with Crippen LogP contribution in [0.1, 0.15) is 35.6 Å². The fraction of sp³-hybridized carbons (Fsp3) is 0.409. The lowest BCUT2D eigenvalue weighted by Gasteiger charge is -2.32. The highest BCUT2D eigenvalue weighted by molar-refractivity contribution is 5.79. The Kier molecular flexibility index (Phi) is 5.87. The molecule has 0 unspecified atom stereocenters. The number of carbonyl (C=O) groups excluding carboxylic acids is 1. The second-order valence-electron chi connectivity index (χ2n) is 7.10. The summed E-state index contributed by atoms with van der Waals surface area (Å²) in [6.07, 6.45) is 2.99. The van der Waals surface area contributed by atoms with E-state index < -0.39 is 0 Å². The molecule has 1 aliphatic heterocycles. The van der Waals surface area contributed by atoms with Crippen LogP contribution in [0.4, 0.5) is 0 Å². The minimum absolute atomic E-state index is 0.106. The highest BCUT2D eigenvalue weighted by Gasteiger charge is 2.25. The lowest BCUT2D eigenvalue weighted by Crippen LogP contribution is -2.39. The topological polar surface area (TPSA) is 23.6 Å². The van der Waals surface area contributed by atoms with Crippen LogP contribution in [0.25, 0.3) is 0 Å². The van der Waals surface area contributed by atoms with Crippen molar-refractivity contribution < 1.29 is 4.79 Å². The van der Waals surface area contributed by atoms with Gasteiger partial charge < -0.3 is 9.80 Å². The van der Waals surface area contributed by atoms with Gasteiger partial charge in [-0.3, -0.25) is 4.79 Å². The fourth-order valence-corrected chi connectivity index (χ4v) is 3.61. The van der Waals surface area contributed by atoms with Gasteiger partial charge in [0.15, 0.2) is 0 Å². The molecule has 1 heterocycles. The van der Waals surface area contributed by atoms with Crippen LogP contribution in [0.15, 0.2) is 54.6 Å². The van der Waals surface area contributed by atoms with Crippen LogP contribution in [-0.2, 0) is 11.2 Å². The lowest BCUT2D eigenvalue weighted by atomic mass is 10.0. The van der Waals surface area contributed by atoms with Gasteiger partial charge in [-0.15, -0.1) is 0 Å². The van der Waals surface area contributed by atoms with Gasteiger partial charge in [0.2, 0.25) is 5.91 Å².